The van der Waals surface area contributed by atoms with E-state index in [0.29, 0.717) is 6.54 Å². The molecule has 0 rings (SSSR count). The van der Waals surface area contributed by atoms with Crippen LogP contribution in [0.2, 0.25) is 0 Å². The van der Waals surface area contributed by atoms with Crippen LogP contribution < -0.4 is 0 Å². The van der Waals surface area contributed by atoms with E-state index in [9.17, 15) is 9.90 Å². The van der Waals surface area contributed by atoms with Crippen LogP contribution >= 0.6 is 0 Å². The third-order valence-corrected chi connectivity index (χ3v) is 1.90. The molecule has 0 aromatic heterocycles. The minimum absolute atomic E-state index is 0.204. The van der Waals surface area contributed by atoms with E-state index in [2.05, 4.69) is 0 Å². The summed E-state index contributed by atoms with van der Waals surface area (Å²) in [6.45, 7) is 8.05. The van der Waals surface area contributed by atoms with Gasteiger partial charge in [-0.25, -0.2) is 0 Å². The number of nitrogens with zero attached hydrogens (tertiary/aromatic N) is 1. The fourth-order valence-electron chi connectivity index (χ4n) is 0.735. The lowest BCUT2D eigenvalue weighted by molar-refractivity contribution is -0.144. The quantitative estimate of drug-likeness (QED) is 0.673. The number of aliphatic hydroxyl groups excluding tert-OH is 1. The second kappa shape index (κ2) is 3.90. The van der Waals surface area contributed by atoms with Gasteiger partial charge in [-0.15, -0.1) is 0 Å². The van der Waals surface area contributed by atoms with Crippen molar-refractivity contribution in [3.8, 4) is 0 Å². The van der Waals surface area contributed by atoms with Crippen LogP contribution in [0, 0.1) is 5.41 Å². The maximum absolute atomic E-state index is 11.4. The second-order valence-corrected chi connectivity index (χ2v) is 4.12. The predicted octanol–water partition coefficient (Wildman–Crippen LogP) is 0.872. The summed E-state index contributed by atoms with van der Waals surface area (Å²) >= 11 is 0. The zero-order chi connectivity index (χ0) is 9.94. The number of likely N-dealkylation sites (N-methyl/N-ethyl adjacent to an activating group) is 1. The van der Waals surface area contributed by atoms with Crippen LogP contribution in [0.5, 0.6) is 0 Å². The predicted molar refractivity (Wildman–Crippen MR) is 48.8 cm³/mol. The van der Waals surface area contributed by atoms with Gasteiger partial charge in [0.05, 0.1) is 0 Å². The van der Waals surface area contributed by atoms with Crippen LogP contribution in [0.15, 0.2) is 0 Å². The Labute approximate surface area is 74.4 Å². The Kier molecular flexibility index (Phi) is 3.71. The Bertz CT molecular complexity index is 160. The highest BCUT2D eigenvalue weighted by molar-refractivity contribution is 5.81. The van der Waals surface area contributed by atoms with Crippen molar-refractivity contribution in [1.82, 2.24) is 4.90 Å². The van der Waals surface area contributed by atoms with Gasteiger partial charge in [-0.05, 0) is 12.3 Å². The van der Waals surface area contributed by atoms with E-state index in [1.807, 2.05) is 27.7 Å². The number of hydrogen-bond donors (Lipinski definition) is 1. The van der Waals surface area contributed by atoms with Crippen molar-refractivity contribution < 1.29 is 9.90 Å². The first kappa shape index (κ1) is 11.4. The molecule has 0 aliphatic heterocycles. The molecule has 0 spiro atoms. The number of carbonyl (C=O) groups excluding carboxylic acids is 1. The zero-order valence-electron chi connectivity index (χ0n) is 8.59. The van der Waals surface area contributed by atoms with E-state index in [-0.39, 0.29) is 11.3 Å². The topological polar surface area (TPSA) is 40.5 Å². The molecule has 0 saturated carbocycles. The van der Waals surface area contributed by atoms with Gasteiger partial charge in [0.25, 0.3) is 5.91 Å². The third kappa shape index (κ3) is 2.81. The molecule has 3 nitrogen and oxygen atoms in total. The van der Waals surface area contributed by atoms with Crippen LogP contribution in [-0.2, 0) is 4.79 Å². The largest absolute Gasteiger partial charge is 0.383 e. The first-order valence-corrected chi connectivity index (χ1v) is 4.23. The molecule has 0 bridgehead atoms. The number of hydrogen-bond acceptors (Lipinski definition) is 2. The molecule has 1 amide bonds. The van der Waals surface area contributed by atoms with Crippen LogP contribution in [-0.4, -0.2) is 35.6 Å². The van der Waals surface area contributed by atoms with Crippen LogP contribution in [0.25, 0.3) is 0 Å². The summed E-state index contributed by atoms with van der Waals surface area (Å²) in [6.07, 6.45) is -0.901. The first-order chi connectivity index (χ1) is 5.30. The normalized spacial score (nSPS) is 14.2. The summed E-state index contributed by atoms with van der Waals surface area (Å²) in [5, 5.41) is 9.56. The van der Waals surface area contributed by atoms with Gasteiger partial charge in [0, 0.05) is 13.6 Å². The molecule has 3 heteroatoms. The van der Waals surface area contributed by atoms with Crippen molar-refractivity contribution in [3.63, 3.8) is 0 Å². The molecular weight excluding hydrogens is 154 g/mol. The van der Waals surface area contributed by atoms with Crippen LogP contribution in [0.3, 0.4) is 0 Å². The van der Waals surface area contributed by atoms with Crippen molar-refractivity contribution in [2.24, 2.45) is 5.41 Å². The smallest absolute Gasteiger partial charge is 0.251 e. The third-order valence-electron chi connectivity index (χ3n) is 1.90. The van der Waals surface area contributed by atoms with Crippen molar-refractivity contribution in [1.29, 1.82) is 0 Å². The second-order valence-electron chi connectivity index (χ2n) is 4.12. The lowest BCUT2D eigenvalue weighted by atomic mass is 9.88. The van der Waals surface area contributed by atoms with E-state index in [4.69, 9.17) is 0 Å². The van der Waals surface area contributed by atoms with Crippen molar-refractivity contribution in [2.45, 2.75) is 33.8 Å². The van der Waals surface area contributed by atoms with Crippen LogP contribution in [0.4, 0.5) is 0 Å². The Morgan fingerprint density at radius 3 is 2.17 bits per heavy atom. The Morgan fingerprint density at radius 1 is 1.50 bits per heavy atom. The van der Waals surface area contributed by atoms with Crippen molar-refractivity contribution >= 4 is 5.91 Å². The molecule has 1 unspecified atom stereocenters. The van der Waals surface area contributed by atoms with Gasteiger partial charge in [0.2, 0.25) is 0 Å². The summed E-state index contributed by atoms with van der Waals surface area (Å²) < 4.78 is 0. The van der Waals surface area contributed by atoms with E-state index >= 15 is 0 Å². The molecule has 72 valence electrons. The average molecular weight is 173 g/mol. The molecule has 12 heavy (non-hydrogen) atoms. The van der Waals surface area contributed by atoms with E-state index in [0.717, 1.165) is 0 Å². The molecule has 0 aromatic carbocycles. The fourth-order valence-corrected chi connectivity index (χ4v) is 0.735. The molecule has 0 fully saturated rings. The van der Waals surface area contributed by atoms with Gasteiger partial charge < -0.3 is 10.0 Å². The minimum Gasteiger partial charge on any atom is -0.383 e. The highest BCUT2D eigenvalue weighted by Crippen LogP contribution is 2.20. The van der Waals surface area contributed by atoms with Gasteiger partial charge in [-0.2, -0.15) is 0 Å². The molecular formula is C9H19NO2. The lowest BCUT2D eigenvalue weighted by Crippen LogP contribution is -2.43. The fraction of sp³-hybridized carbons (Fsp3) is 0.889. The maximum atomic E-state index is 11.4. The summed E-state index contributed by atoms with van der Waals surface area (Å²) in [7, 11) is 1.69. The number of amides is 1. The molecule has 1 atom stereocenters. The first-order valence-electron chi connectivity index (χ1n) is 4.23. The SMILES string of the molecule is CCN(C)C(=O)C(O)C(C)(C)C. The standard InChI is InChI=1S/C9H19NO2/c1-6-10(5)8(12)7(11)9(2,3)4/h7,11H,6H2,1-5H3. The highest BCUT2D eigenvalue weighted by Gasteiger charge is 2.30. The van der Waals surface area contributed by atoms with Crippen molar-refractivity contribution in [3.05, 3.63) is 0 Å². The molecule has 0 aliphatic rings. The molecule has 0 radical (unpaired) electrons. The van der Waals surface area contributed by atoms with E-state index in [1.165, 1.54) is 4.90 Å². The highest BCUT2D eigenvalue weighted by atomic mass is 16.3. The molecule has 1 N–H and O–H groups in total. The maximum Gasteiger partial charge on any atom is 0.251 e. The summed E-state index contributed by atoms with van der Waals surface area (Å²) in [6, 6.07) is 0. The number of aliphatic hydroxyl groups is 1. The lowest BCUT2D eigenvalue weighted by Gasteiger charge is -2.28. The average Bonchev–Trinajstić information content (AvgIpc) is 1.98. The van der Waals surface area contributed by atoms with E-state index in [1.54, 1.807) is 7.05 Å². The summed E-state index contributed by atoms with van der Waals surface area (Å²) in [5.41, 5.74) is -0.374. The molecule has 0 heterocycles. The molecule has 0 aliphatic carbocycles. The van der Waals surface area contributed by atoms with Gasteiger partial charge in [-0.3, -0.25) is 4.79 Å². The molecule has 0 aromatic rings. The number of rotatable bonds is 2. The monoisotopic (exact) mass is 173 g/mol. The Balaban J connectivity index is 4.30. The zero-order valence-corrected chi connectivity index (χ0v) is 8.59. The van der Waals surface area contributed by atoms with Gasteiger partial charge in [0.1, 0.15) is 6.10 Å². The van der Waals surface area contributed by atoms with E-state index < -0.39 is 6.10 Å². The summed E-state index contributed by atoms with van der Waals surface area (Å²) in [5.74, 6) is -0.204. The van der Waals surface area contributed by atoms with Gasteiger partial charge >= 0.3 is 0 Å². The van der Waals surface area contributed by atoms with Gasteiger partial charge in [0.15, 0.2) is 0 Å². The van der Waals surface area contributed by atoms with Crippen LogP contribution in [0.1, 0.15) is 27.7 Å². The summed E-state index contributed by atoms with van der Waals surface area (Å²) in [4.78, 5) is 12.9. The Morgan fingerprint density at radius 2 is 1.92 bits per heavy atom. The number of carbonyl (C=O) groups is 1. The minimum atomic E-state index is -0.901. The molecule has 0 saturated heterocycles. The van der Waals surface area contributed by atoms with Crippen molar-refractivity contribution in [2.75, 3.05) is 13.6 Å². The Hall–Kier alpha value is -0.570. The van der Waals surface area contributed by atoms with Gasteiger partial charge in [-0.1, -0.05) is 20.8 Å².